The van der Waals surface area contributed by atoms with Crippen molar-refractivity contribution in [3.8, 4) is 0 Å². The van der Waals surface area contributed by atoms with Crippen molar-refractivity contribution >= 4 is 16.9 Å². The number of fused-ring (bicyclic) bond motifs is 1. The monoisotopic (exact) mass is 234 g/mol. The molecule has 2 N–H and O–H groups in total. The normalized spacial score (nSPS) is 17.9. The van der Waals surface area contributed by atoms with Gasteiger partial charge in [-0.2, -0.15) is 0 Å². The van der Waals surface area contributed by atoms with Crippen LogP contribution in [0.4, 0.5) is 10.3 Å². The Morgan fingerprint density at radius 2 is 2.06 bits per heavy atom. The lowest BCUT2D eigenvalue weighted by atomic mass is 10.1. The summed E-state index contributed by atoms with van der Waals surface area (Å²) in [5, 5.41) is 0.815. The van der Waals surface area contributed by atoms with Crippen LogP contribution in [0.3, 0.4) is 0 Å². The minimum Gasteiger partial charge on any atom is -0.437 e. The molecule has 1 aliphatic rings. The van der Waals surface area contributed by atoms with Gasteiger partial charge in [0.25, 0.3) is 0 Å². The van der Waals surface area contributed by atoms with Crippen molar-refractivity contribution in [3.63, 3.8) is 0 Å². The lowest BCUT2D eigenvalue weighted by Crippen LogP contribution is -2.39. The molecule has 3 nitrogen and oxygen atoms in total. The Balaban J connectivity index is 1.93. The second kappa shape index (κ2) is 4.04. The van der Waals surface area contributed by atoms with Crippen LogP contribution in [0.5, 0.6) is 0 Å². The van der Waals surface area contributed by atoms with Crippen molar-refractivity contribution in [2.75, 3.05) is 18.0 Å². The molecule has 1 saturated heterocycles. The number of rotatable bonds is 1. The van der Waals surface area contributed by atoms with Gasteiger partial charge in [-0.25, -0.2) is 4.39 Å². The van der Waals surface area contributed by atoms with E-state index < -0.39 is 0 Å². The molecule has 90 valence electrons. The highest BCUT2D eigenvalue weighted by Gasteiger charge is 2.19. The summed E-state index contributed by atoms with van der Waals surface area (Å²) in [6, 6.07) is 7.16. The molecule has 2 heterocycles. The van der Waals surface area contributed by atoms with Crippen molar-refractivity contribution < 1.29 is 8.81 Å². The fourth-order valence-corrected chi connectivity index (χ4v) is 2.29. The molecule has 17 heavy (non-hydrogen) atoms. The van der Waals surface area contributed by atoms with Crippen molar-refractivity contribution in [2.45, 2.75) is 18.9 Å². The van der Waals surface area contributed by atoms with Gasteiger partial charge in [-0.1, -0.05) is 12.1 Å². The van der Waals surface area contributed by atoms with Gasteiger partial charge in [0.05, 0.1) is 0 Å². The van der Waals surface area contributed by atoms with Gasteiger partial charge in [0.2, 0.25) is 0 Å². The number of para-hydroxylation sites is 1. The van der Waals surface area contributed by atoms with E-state index in [9.17, 15) is 4.39 Å². The summed E-state index contributed by atoms with van der Waals surface area (Å²) in [6.45, 7) is 1.76. The molecule has 4 heteroatoms. The Morgan fingerprint density at radius 1 is 1.29 bits per heavy atom. The molecule has 0 radical (unpaired) electrons. The number of hydrogen-bond acceptors (Lipinski definition) is 3. The fraction of sp³-hybridized carbons (Fsp3) is 0.385. The largest absolute Gasteiger partial charge is 0.437 e. The molecule has 1 aliphatic heterocycles. The minimum absolute atomic E-state index is 0.285. The maximum Gasteiger partial charge on any atom is 0.196 e. The number of benzene rings is 1. The van der Waals surface area contributed by atoms with E-state index in [1.54, 1.807) is 6.07 Å². The summed E-state index contributed by atoms with van der Waals surface area (Å²) in [5.74, 6) is 0.444. The lowest BCUT2D eigenvalue weighted by molar-refractivity contribution is 0.468. The first-order chi connectivity index (χ1) is 8.24. The Hall–Kier alpha value is -1.55. The van der Waals surface area contributed by atoms with Crippen LogP contribution in [0.15, 0.2) is 28.7 Å². The first-order valence-electron chi connectivity index (χ1n) is 5.92. The third-order valence-corrected chi connectivity index (χ3v) is 3.33. The first kappa shape index (κ1) is 10.6. The van der Waals surface area contributed by atoms with E-state index in [0.29, 0.717) is 5.58 Å². The van der Waals surface area contributed by atoms with Crippen molar-refractivity contribution in [3.05, 3.63) is 30.1 Å². The molecule has 0 unspecified atom stereocenters. The van der Waals surface area contributed by atoms with Crippen molar-refractivity contribution in [1.29, 1.82) is 0 Å². The third kappa shape index (κ3) is 1.89. The van der Waals surface area contributed by atoms with Crippen LogP contribution in [0, 0.1) is 5.82 Å². The van der Waals surface area contributed by atoms with E-state index >= 15 is 0 Å². The Morgan fingerprint density at radius 3 is 2.76 bits per heavy atom. The number of furan rings is 1. The van der Waals surface area contributed by atoms with E-state index in [1.165, 1.54) is 6.07 Å². The second-order valence-electron chi connectivity index (χ2n) is 4.57. The molecule has 2 aromatic rings. The quantitative estimate of drug-likeness (QED) is 0.824. The van der Waals surface area contributed by atoms with E-state index in [0.717, 1.165) is 37.2 Å². The van der Waals surface area contributed by atoms with Crippen LogP contribution in [-0.4, -0.2) is 19.1 Å². The van der Waals surface area contributed by atoms with Crippen molar-refractivity contribution in [1.82, 2.24) is 0 Å². The Bertz CT molecular complexity index is 529. The van der Waals surface area contributed by atoms with E-state index in [4.69, 9.17) is 10.2 Å². The highest BCUT2D eigenvalue weighted by Crippen LogP contribution is 2.29. The lowest BCUT2D eigenvalue weighted by Gasteiger charge is -2.29. The molecule has 0 bridgehead atoms. The third-order valence-electron chi connectivity index (χ3n) is 3.33. The van der Waals surface area contributed by atoms with E-state index in [2.05, 4.69) is 4.90 Å². The summed E-state index contributed by atoms with van der Waals surface area (Å²) in [4.78, 5) is 2.13. The molecule has 1 aromatic carbocycles. The number of nitrogens with two attached hydrogens (primary N) is 1. The number of anilines is 1. The standard InChI is InChI=1S/C13H15FN2O/c14-11-3-1-2-9-8-12(17-13(9)11)16-6-4-10(15)5-7-16/h1-3,8,10H,4-7,15H2. The van der Waals surface area contributed by atoms with Crippen molar-refractivity contribution in [2.24, 2.45) is 5.73 Å². The Kier molecular flexibility index (Phi) is 2.52. The molecule has 0 atom stereocenters. The smallest absolute Gasteiger partial charge is 0.196 e. The van der Waals surface area contributed by atoms with E-state index in [1.807, 2.05) is 12.1 Å². The van der Waals surface area contributed by atoms with Gasteiger partial charge in [0.1, 0.15) is 0 Å². The van der Waals surface area contributed by atoms with Crippen LogP contribution in [0.1, 0.15) is 12.8 Å². The topological polar surface area (TPSA) is 42.4 Å². The SMILES string of the molecule is NC1CCN(c2cc3cccc(F)c3o2)CC1. The Labute approximate surface area is 99.0 Å². The number of halogens is 1. The summed E-state index contributed by atoms with van der Waals surface area (Å²) in [6.07, 6.45) is 1.92. The summed E-state index contributed by atoms with van der Waals surface area (Å²) in [7, 11) is 0. The zero-order chi connectivity index (χ0) is 11.8. The minimum atomic E-state index is -0.303. The van der Waals surface area contributed by atoms with Crippen LogP contribution < -0.4 is 10.6 Å². The molecule has 3 rings (SSSR count). The van der Waals surface area contributed by atoms with Crippen LogP contribution in [-0.2, 0) is 0 Å². The molecule has 0 amide bonds. The maximum absolute atomic E-state index is 13.5. The van der Waals surface area contributed by atoms with Gasteiger partial charge in [0, 0.05) is 30.6 Å². The predicted molar refractivity (Wildman–Crippen MR) is 65.6 cm³/mol. The molecular formula is C13H15FN2O. The molecule has 0 spiro atoms. The van der Waals surface area contributed by atoms with Crippen LogP contribution in [0.2, 0.25) is 0 Å². The maximum atomic E-state index is 13.5. The average molecular weight is 234 g/mol. The number of piperidine rings is 1. The number of hydrogen-bond donors (Lipinski definition) is 1. The molecular weight excluding hydrogens is 219 g/mol. The first-order valence-corrected chi connectivity index (χ1v) is 5.92. The second-order valence-corrected chi connectivity index (χ2v) is 4.57. The van der Waals surface area contributed by atoms with Gasteiger partial charge >= 0.3 is 0 Å². The van der Waals surface area contributed by atoms with Gasteiger partial charge in [0.15, 0.2) is 17.3 Å². The molecule has 0 aliphatic carbocycles. The van der Waals surface area contributed by atoms with Gasteiger partial charge in [-0.3, -0.25) is 0 Å². The zero-order valence-corrected chi connectivity index (χ0v) is 9.53. The average Bonchev–Trinajstić information content (AvgIpc) is 2.75. The molecule has 0 saturated carbocycles. The zero-order valence-electron chi connectivity index (χ0n) is 9.53. The predicted octanol–water partition coefficient (Wildman–Crippen LogP) is 2.50. The van der Waals surface area contributed by atoms with Gasteiger partial charge < -0.3 is 15.1 Å². The van der Waals surface area contributed by atoms with Gasteiger partial charge in [-0.05, 0) is 18.9 Å². The summed E-state index contributed by atoms with van der Waals surface area (Å²) in [5.41, 5.74) is 6.20. The highest BCUT2D eigenvalue weighted by molar-refractivity contribution is 5.81. The van der Waals surface area contributed by atoms with Crippen LogP contribution >= 0.6 is 0 Å². The van der Waals surface area contributed by atoms with Crippen LogP contribution in [0.25, 0.3) is 11.0 Å². The summed E-state index contributed by atoms with van der Waals surface area (Å²) >= 11 is 0. The molecule has 1 fully saturated rings. The molecule has 1 aromatic heterocycles. The highest BCUT2D eigenvalue weighted by atomic mass is 19.1. The fourth-order valence-electron chi connectivity index (χ4n) is 2.29. The van der Waals surface area contributed by atoms with Gasteiger partial charge in [-0.15, -0.1) is 0 Å². The van der Waals surface area contributed by atoms with E-state index in [-0.39, 0.29) is 11.9 Å². The number of nitrogens with zero attached hydrogens (tertiary/aromatic N) is 1. The summed E-state index contributed by atoms with van der Waals surface area (Å²) < 4.78 is 19.1.